The molecule has 3 atom stereocenters. The molecule has 4 nitrogen and oxygen atoms in total. The molecule has 0 amide bonds. The topological polar surface area (TPSA) is 80.9 Å². The van der Waals surface area contributed by atoms with Crippen LogP contribution in [0.4, 0.5) is 0 Å². The van der Waals surface area contributed by atoms with Crippen LogP contribution in [0.1, 0.15) is 193 Å². The fourth-order valence-electron chi connectivity index (χ4n) is 4.44. The molecule has 0 bridgehead atoms. The van der Waals surface area contributed by atoms with Gasteiger partial charge in [-0.15, -0.1) is 0 Å². The number of phenolic OH excluding ortho intramolecular Hbond substituents is 4. The van der Waals surface area contributed by atoms with Crippen LogP contribution in [0.25, 0.3) is 0 Å². The highest BCUT2D eigenvalue weighted by atomic mass is 16.3. The van der Waals surface area contributed by atoms with Crippen LogP contribution in [0.2, 0.25) is 0 Å². The summed E-state index contributed by atoms with van der Waals surface area (Å²) in [6.07, 6.45) is 4.51. The molecule has 54 heavy (non-hydrogen) atoms. The summed E-state index contributed by atoms with van der Waals surface area (Å²) in [6, 6.07) is 28.2. The van der Waals surface area contributed by atoms with E-state index in [1.54, 1.807) is 36.4 Å². The number of hydrogen-bond donors (Lipinski definition) is 4. The Hall–Kier alpha value is -3.92. The number of aryl methyl sites for hydroxylation is 1. The van der Waals surface area contributed by atoms with Crippen LogP contribution in [0.5, 0.6) is 23.0 Å². The van der Waals surface area contributed by atoms with Gasteiger partial charge in [-0.2, -0.15) is 0 Å². The van der Waals surface area contributed by atoms with E-state index >= 15 is 0 Å². The molecular weight excluding hydrogens is 665 g/mol. The highest BCUT2D eigenvalue weighted by Crippen LogP contribution is 2.28. The molecule has 4 aromatic carbocycles. The number of rotatable bonds is 8. The summed E-state index contributed by atoms with van der Waals surface area (Å²) in [5.74, 6) is 3.16. The first-order valence-corrected chi connectivity index (χ1v) is 16.9. The Balaban J connectivity index is -0.0000000830. The third kappa shape index (κ3) is 24.4. The second kappa shape index (κ2) is 34.8. The second-order valence-corrected chi connectivity index (χ2v) is 12.9. The summed E-state index contributed by atoms with van der Waals surface area (Å²) in [6.45, 7) is 21.6. The Morgan fingerprint density at radius 1 is 0.463 bits per heavy atom. The van der Waals surface area contributed by atoms with Crippen LogP contribution in [0.3, 0.4) is 0 Å². The largest absolute Gasteiger partial charge is 0.508 e. The molecule has 316 valence electrons. The van der Waals surface area contributed by atoms with Gasteiger partial charge in [0.25, 0.3) is 0 Å². The van der Waals surface area contributed by atoms with Crippen LogP contribution >= 0.6 is 0 Å². The van der Waals surface area contributed by atoms with Crippen LogP contribution < -0.4 is 0 Å². The van der Waals surface area contributed by atoms with Crippen molar-refractivity contribution >= 4 is 0 Å². The Morgan fingerprint density at radius 3 is 1.20 bits per heavy atom. The minimum atomic E-state index is 0. The fraction of sp³-hybridized carbons (Fsp3) is 0.520. The maximum absolute atomic E-state index is 9.30. The number of aromatic hydroxyl groups is 4. The van der Waals surface area contributed by atoms with Gasteiger partial charge in [0.15, 0.2) is 0 Å². The zero-order valence-corrected chi connectivity index (χ0v) is 30.0. The molecule has 0 spiro atoms. The zero-order chi connectivity index (χ0) is 34.9. The van der Waals surface area contributed by atoms with Crippen LogP contribution in [0.15, 0.2) is 91.0 Å². The summed E-state index contributed by atoms with van der Waals surface area (Å²) < 4.78 is 0. The second-order valence-electron chi connectivity index (χ2n) is 12.9. The number of benzene rings is 4. The lowest BCUT2D eigenvalue weighted by Gasteiger charge is -2.22. The summed E-state index contributed by atoms with van der Waals surface area (Å²) in [7, 11) is 0. The molecule has 0 heterocycles. The lowest BCUT2D eigenvalue weighted by Crippen LogP contribution is -2.14. The van der Waals surface area contributed by atoms with Crippen LogP contribution in [-0.2, 0) is 5.41 Å². The van der Waals surface area contributed by atoms with E-state index in [1.165, 1.54) is 22.3 Å². The lowest BCUT2D eigenvalue weighted by atomic mass is 9.82. The molecule has 0 saturated carbocycles. The summed E-state index contributed by atoms with van der Waals surface area (Å²) >= 11 is 0. The minimum Gasteiger partial charge on any atom is -0.508 e. The van der Waals surface area contributed by atoms with Crippen molar-refractivity contribution in [1.29, 1.82) is 0 Å². The summed E-state index contributed by atoms with van der Waals surface area (Å²) in [5.41, 5.74) is 6.29. The molecule has 0 aliphatic carbocycles. The molecule has 3 unspecified atom stereocenters. The van der Waals surface area contributed by atoms with Crippen LogP contribution in [0, 0.1) is 6.92 Å². The van der Waals surface area contributed by atoms with Gasteiger partial charge < -0.3 is 20.4 Å². The van der Waals surface area contributed by atoms with Crippen molar-refractivity contribution in [2.24, 2.45) is 0 Å². The zero-order valence-electron chi connectivity index (χ0n) is 30.0. The van der Waals surface area contributed by atoms with E-state index in [4.69, 9.17) is 15.3 Å². The lowest BCUT2D eigenvalue weighted by molar-refractivity contribution is 0.470. The first-order valence-electron chi connectivity index (χ1n) is 16.9. The van der Waals surface area contributed by atoms with Crippen molar-refractivity contribution in [2.45, 2.75) is 178 Å². The van der Waals surface area contributed by atoms with Gasteiger partial charge in [-0.25, -0.2) is 0 Å². The summed E-state index contributed by atoms with van der Waals surface area (Å²) in [5, 5.41) is 36.6. The average molecular weight is 757 g/mol. The van der Waals surface area contributed by atoms with E-state index in [9.17, 15) is 5.11 Å². The van der Waals surface area contributed by atoms with Gasteiger partial charge in [0.05, 0.1) is 0 Å². The molecule has 0 saturated heterocycles. The van der Waals surface area contributed by atoms with Crippen molar-refractivity contribution < 1.29 is 20.4 Å². The normalized spacial score (nSPS) is 10.7. The SMILES string of the molecule is C.C.C.C.C.C.C.C.CCC(C)(C)c1ccc(O)cc1.CCC(C)c1ccc(O)c(C)c1.CCC(C)c1ccc(O)cc1.CCC(C)c1cccc(O)c1. The van der Waals surface area contributed by atoms with E-state index in [-0.39, 0.29) is 64.8 Å². The van der Waals surface area contributed by atoms with Gasteiger partial charge in [0, 0.05) is 0 Å². The molecule has 0 radical (unpaired) electrons. The average Bonchev–Trinajstić information content (AvgIpc) is 3.06. The van der Waals surface area contributed by atoms with Gasteiger partial charge in [0.1, 0.15) is 23.0 Å². The Labute approximate surface area is 338 Å². The molecule has 4 aromatic rings. The van der Waals surface area contributed by atoms with Gasteiger partial charge in [-0.3, -0.25) is 0 Å². The van der Waals surface area contributed by atoms with E-state index < -0.39 is 0 Å². The fourth-order valence-corrected chi connectivity index (χ4v) is 4.44. The molecular formula is C50H92O4. The molecule has 0 aromatic heterocycles. The first kappa shape index (κ1) is 68.1. The Morgan fingerprint density at radius 2 is 0.833 bits per heavy atom. The molecule has 0 aliphatic rings. The van der Waals surface area contributed by atoms with E-state index in [2.05, 4.69) is 68.4 Å². The van der Waals surface area contributed by atoms with Gasteiger partial charge in [-0.05, 0) is 126 Å². The van der Waals surface area contributed by atoms with Crippen molar-refractivity contribution in [3.05, 3.63) is 119 Å². The van der Waals surface area contributed by atoms with E-state index in [0.717, 1.165) is 31.2 Å². The highest BCUT2D eigenvalue weighted by Gasteiger charge is 2.17. The third-order valence-electron chi connectivity index (χ3n) is 9.06. The molecule has 0 fully saturated rings. The summed E-state index contributed by atoms with van der Waals surface area (Å²) in [4.78, 5) is 0. The Kier molecular flexibility index (Phi) is 43.9. The van der Waals surface area contributed by atoms with E-state index in [1.807, 2.05) is 55.5 Å². The smallest absolute Gasteiger partial charge is 0.118 e. The minimum absolute atomic E-state index is 0. The predicted molar refractivity (Wildman–Crippen MR) is 250 cm³/mol. The number of hydrogen-bond acceptors (Lipinski definition) is 4. The maximum atomic E-state index is 9.30. The highest BCUT2D eigenvalue weighted by molar-refractivity contribution is 5.36. The van der Waals surface area contributed by atoms with Crippen molar-refractivity contribution in [1.82, 2.24) is 0 Å². The monoisotopic (exact) mass is 757 g/mol. The van der Waals surface area contributed by atoms with Crippen LogP contribution in [-0.4, -0.2) is 20.4 Å². The maximum Gasteiger partial charge on any atom is 0.118 e. The third-order valence-corrected chi connectivity index (χ3v) is 9.06. The molecule has 4 N–H and O–H groups in total. The molecule has 0 aliphatic heterocycles. The quantitative estimate of drug-likeness (QED) is 0.144. The van der Waals surface area contributed by atoms with Gasteiger partial charge >= 0.3 is 0 Å². The Bertz CT molecular complexity index is 1390. The van der Waals surface area contributed by atoms with Gasteiger partial charge in [0.2, 0.25) is 0 Å². The molecule has 4 heteroatoms. The van der Waals surface area contributed by atoms with E-state index in [0.29, 0.717) is 40.8 Å². The number of phenols is 4. The van der Waals surface area contributed by atoms with Crippen molar-refractivity contribution in [3.8, 4) is 23.0 Å². The standard InChI is InChI=1S/2C11H16O.2C10H14O.8CH4/c1-4-11(2,3)9-5-7-10(12)8-6-9;1-4-8(2)10-5-6-11(12)9(3)7-10;1-3-8(2)9-4-6-10(11)7-5-9;1-3-8(2)9-5-4-6-10(11)7-9;;;;;;;;/h2*5-8,12H,4H2,1-3H3;2*4-8,11H,3H2,1-2H3;8*1H4. The van der Waals surface area contributed by atoms with Crippen molar-refractivity contribution in [3.63, 3.8) is 0 Å². The van der Waals surface area contributed by atoms with Gasteiger partial charge in [-0.1, -0.05) is 170 Å². The predicted octanol–water partition coefficient (Wildman–Crippen LogP) is 17.2. The van der Waals surface area contributed by atoms with Crippen molar-refractivity contribution in [2.75, 3.05) is 0 Å². The first-order chi connectivity index (χ1) is 21.7. The molecule has 4 rings (SSSR count).